The van der Waals surface area contributed by atoms with Crippen LogP contribution in [0.5, 0.6) is 0 Å². The number of aromatic nitrogens is 3. The van der Waals surface area contributed by atoms with Crippen molar-refractivity contribution in [1.82, 2.24) is 25.2 Å². The minimum absolute atomic E-state index is 0.0156. The SMILES string of the molecule is CC(C)(CNCc1cn(C(C)(C)C)nn1)N1CCOCC1. The van der Waals surface area contributed by atoms with Gasteiger partial charge in [-0.2, -0.15) is 0 Å². The Bertz CT molecular complexity index is 443. The topological polar surface area (TPSA) is 55.2 Å². The normalized spacial score (nSPS) is 18.1. The third-order valence-corrected chi connectivity index (χ3v) is 3.96. The van der Waals surface area contributed by atoms with Crippen LogP contribution in [0.25, 0.3) is 0 Å². The second-order valence-electron chi connectivity index (χ2n) is 7.34. The predicted octanol–water partition coefficient (Wildman–Crippen LogP) is 1.23. The number of nitrogens with one attached hydrogen (secondary N) is 1. The van der Waals surface area contributed by atoms with Gasteiger partial charge in [0.1, 0.15) is 0 Å². The standard InChI is InChI=1S/C15H29N5O/c1-14(2,3)20-11-13(17-18-20)10-16-12-15(4,5)19-6-8-21-9-7-19/h11,16H,6-10,12H2,1-5H3. The van der Waals surface area contributed by atoms with Crippen LogP contribution in [0, 0.1) is 0 Å². The highest BCUT2D eigenvalue weighted by Crippen LogP contribution is 2.15. The van der Waals surface area contributed by atoms with Crippen molar-refractivity contribution >= 4 is 0 Å². The summed E-state index contributed by atoms with van der Waals surface area (Å²) in [6.45, 7) is 16.3. The Morgan fingerprint density at radius 2 is 1.86 bits per heavy atom. The average Bonchev–Trinajstić information content (AvgIpc) is 2.88. The number of hydrogen-bond donors (Lipinski definition) is 1. The van der Waals surface area contributed by atoms with Crippen molar-refractivity contribution in [2.75, 3.05) is 32.8 Å². The molecule has 6 nitrogen and oxygen atoms in total. The maximum absolute atomic E-state index is 5.42. The van der Waals surface area contributed by atoms with Gasteiger partial charge >= 0.3 is 0 Å². The van der Waals surface area contributed by atoms with Crippen LogP contribution in [0.1, 0.15) is 40.3 Å². The van der Waals surface area contributed by atoms with Gasteiger partial charge in [0.25, 0.3) is 0 Å². The van der Waals surface area contributed by atoms with Gasteiger partial charge in [0.05, 0.1) is 30.6 Å². The van der Waals surface area contributed by atoms with E-state index in [2.05, 4.69) is 55.1 Å². The number of ether oxygens (including phenoxy) is 1. The van der Waals surface area contributed by atoms with E-state index in [1.54, 1.807) is 0 Å². The zero-order chi connectivity index (χ0) is 15.5. The molecule has 6 heteroatoms. The molecular formula is C15H29N5O. The van der Waals surface area contributed by atoms with Crippen LogP contribution in [0.3, 0.4) is 0 Å². The zero-order valence-electron chi connectivity index (χ0n) is 14.0. The van der Waals surface area contributed by atoms with Crippen molar-refractivity contribution in [3.05, 3.63) is 11.9 Å². The minimum atomic E-state index is -0.0156. The quantitative estimate of drug-likeness (QED) is 0.885. The van der Waals surface area contributed by atoms with E-state index >= 15 is 0 Å². The van der Waals surface area contributed by atoms with Crippen LogP contribution >= 0.6 is 0 Å². The summed E-state index contributed by atoms with van der Waals surface area (Å²) in [4.78, 5) is 2.48. The summed E-state index contributed by atoms with van der Waals surface area (Å²) in [5.74, 6) is 0. The summed E-state index contributed by atoms with van der Waals surface area (Å²) in [5, 5.41) is 11.9. The van der Waals surface area contributed by atoms with Gasteiger partial charge in [0, 0.05) is 31.7 Å². The third-order valence-electron chi connectivity index (χ3n) is 3.96. The molecule has 0 radical (unpaired) electrons. The highest BCUT2D eigenvalue weighted by molar-refractivity contribution is 4.95. The molecule has 1 aliphatic rings. The van der Waals surface area contributed by atoms with E-state index in [0.717, 1.165) is 45.1 Å². The van der Waals surface area contributed by atoms with E-state index in [-0.39, 0.29) is 11.1 Å². The Hall–Kier alpha value is -0.980. The Kier molecular flexibility index (Phi) is 5.01. The Labute approximate surface area is 127 Å². The van der Waals surface area contributed by atoms with Crippen LogP contribution in [-0.4, -0.2) is 58.3 Å². The second-order valence-corrected chi connectivity index (χ2v) is 7.34. The van der Waals surface area contributed by atoms with Crippen LogP contribution in [0.4, 0.5) is 0 Å². The lowest BCUT2D eigenvalue weighted by atomic mass is 10.0. The largest absolute Gasteiger partial charge is 0.379 e. The molecule has 1 aromatic heterocycles. The molecule has 1 fully saturated rings. The first kappa shape index (κ1) is 16.4. The Morgan fingerprint density at radius 3 is 2.43 bits per heavy atom. The lowest BCUT2D eigenvalue weighted by Gasteiger charge is -2.41. The first-order valence-electron chi connectivity index (χ1n) is 7.74. The van der Waals surface area contributed by atoms with Crippen molar-refractivity contribution in [2.24, 2.45) is 0 Å². The zero-order valence-corrected chi connectivity index (χ0v) is 14.0. The Morgan fingerprint density at radius 1 is 1.19 bits per heavy atom. The molecule has 0 bridgehead atoms. The molecule has 1 N–H and O–H groups in total. The number of nitrogens with zero attached hydrogens (tertiary/aromatic N) is 4. The summed E-state index contributed by atoms with van der Waals surface area (Å²) >= 11 is 0. The summed E-state index contributed by atoms with van der Waals surface area (Å²) in [6.07, 6.45) is 2.02. The van der Waals surface area contributed by atoms with Crippen LogP contribution in [0.2, 0.25) is 0 Å². The predicted molar refractivity (Wildman–Crippen MR) is 83.2 cm³/mol. The summed E-state index contributed by atoms with van der Waals surface area (Å²) in [7, 11) is 0. The summed E-state index contributed by atoms with van der Waals surface area (Å²) < 4.78 is 7.33. The van der Waals surface area contributed by atoms with Gasteiger partial charge in [-0.15, -0.1) is 5.10 Å². The van der Waals surface area contributed by atoms with E-state index in [9.17, 15) is 0 Å². The molecule has 0 atom stereocenters. The molecule has 0 unspecified atom stereocenters. The molecule has 2 heterocycles. The first-order valence-corrected chi connectivity index (χ1v) is 7.74. The maximum atomic E-state index is 5.42. The van der Waals surface area contributed by atoms with Crippen LogP contribution in [-0.2, 0) is 16.8 Å². The monoisotopic (exact) mass is 295 g/mol. The highest BCUT2D eigenvalue weighted by atomic mass is 16.5. The number of rotatable bonds is 5. The summed E-state index contributed by atoms with van der Waals surface area (Å²) in [5.41, 5.74) is 1.10. The highest BCUT2D eigenvalue weighted by Gasteiger charge is 2.27. The van der Waals surface area contributed by atoms with E-state index in [1.165, 1.54) is 0 Å². The fourth-order valence-electron chi connectivity index (χ4n) is 2.48. The molecule has 21 heavy (non-hydrogen) atoms. The smallest absolute Gasteiger partial charge is 0.0965 e. The molecule has 0 saturated carbocycles. The van der Waals surface area contributed by atoms with E-state index in [4.69, 9.17) is 4.74 Å². The van der Waals surface area contributed by atoms with Crippen molar-refractivity contribution in [2.45, 2.75) is 52.2 Å². The molecular weight excluding hydrogens is 266 g/mol. The fourth-order valence-corrected chi connectivity index (χ4v) is 2.48. The number of morpholine rings is 1. The van der Waals surface area contributed by atoms with Gasteiger partial charge in [0.15, 0.2) is 0 Å². The van der Waals surface area contributed by atoms with Crippen LogP contribution in [0.15, 0.2) is 6.20 Å². The van der Waals surface area contributed by atoms with Gasteiger partial charge in [-0.05, 0) is 34.6 Å². The fraction of sp³-hybridized carbons (Fsp3) is 0.867. The molecule has 0 aliphatic carbocycles. The molecule has 1 aliphatic heterocycles. The van der Waals surface area contributed by atoms with Crippen molar-refractivity contribution in [3.8, 4) is 0 Å². The van der Waals surface area contributed by atoms with Gasteiger partial charge in [-0.25, -0.2) is 4.68 Å². The van der Waals surface area contributed by atoms with E-state index in [1.807, 2.05) is 10.9 Å². The molecule has 0 aromatic carbocycles. The Balaban J connectivity index is 1.81. The minimum Gasteiger partial charge on any atom is -0.379 e. The average molecular weight is 295 g/mol. The van der Waals surface area contributed by atoms with Gasteiger partial charge in [0.2, 0.25) is 0 Å². The summed E-state index contributed by atoms with van der Waals surface area (Å²) in [6, 6.07) is 0. The maximum Gasteiger partial charge on any atom is 0.0965 e. The van der Waals surface area contributed by atoms with Gasteiger partial charge in [-0.1, -0.05) is 5.21 Å². The van der Waals surface area contributed by atoms with Crippen molar-refractivity contribution in [1.29, 1.82) is 0 Å². The first-order chi connectivity index (χ1) is 9.79. The second kappa shape index (κ2) is 6.42. The molecule has 1 saturated heterocycles. The molecule has 2 rings (SSSR count). The molecule has 0 spiro atoms. The van der Waals surface area contributed by atoms with Gasteiger partial charge in [-0.3, -0.25) is 4.90 Å². The van der Waals surface area contributed by atoms with Crippen molar-refractivity contribution in [3.63, 3.8) is 0 Å². The number of hydrogen-bond acceptors (Lipinski definition) is 5. The lowest BCUT2D eigenvalue weighted by molar-refractivity contribution is -0.00968. The van der Waals surface area contributed by atoms with Gasteiger partial charge < -0.3 is 10.1 Å². The van der Waals surface area contributed by atoms with E-state index < -0.39 is 0 Å². The molecule has 1 aromatic rings. The van der Waals surface area contributed by atoms with Crippen LogP contribution < -0.4 is 5.32 Å². The van der Waals surface area contributed by atoms with Crippen molar-refractivity contribution < 1.29 is 4.74 Å². The molecule has 120 valence electrons. The van der Waals surface area contributed by atoms with E-state index in [0.29, 0.717) is 0 Å². The third kappa shape index (κ3) is 4.49. The lowest BCUT2D eigenvalue weighted by Crippen LogP contribution is -2.54. The molecule has 0 amide bonds.